The third-order valence-corrected chi connectivity index (χ3v) is 17.0. The molecule has 0 rings (SSSR count). The molecule has 0 spiro atoms. The van der Waals surface area contributed by atoms with E-state index in [1.165, 1.54) is 0 Å². The summed E-state index contributed by atoms with van der Waals surface area (Å²) in [5, 5.41) is 0. The van der Waals surface area contributed by atoms with Crippen LogP contribution in [0.25, 0.3) is 0 Å². The van der Waals surface area contributed by atoms with Gasteiger partial charge in [0, 0.05) is 0 Å². The molecule has 1 atom stereocenters. The summed E-state index contributed by atoms with van der Waals surface area (Å²) in [6, 6.07) is 0.292. The Balaban J connectivity index is 4.38. The quantitative estimate of drug-likeness (QED) is 0.525. The normalized spacial score (nSPS) is 13.8. The van der Waals surface area contributed by atoms with Gasteiger partial charge < -0.3 is 0 Å². The minimum absolute atomic E-state index is 0.292. The van der Waals surface area contributed by atoms with Crippen molar-refractivity contribution in [2.45, 2.75) is 56.9 Å². The van der Waals surface area contributed by atoms with E-state index in [9.17, 15) is 0 Å². The van der Waals surface area contributed by atoms with E-state index in [1.54, 1.807) is 0 Å². The number of nitrogens with two attached hydrogens (primary N) is 1. The molecule has 3 nitrogen and oxygen atoms in total. The summed E-state index contributed by atoms with van der Waals surface area (Å²) in [5.74, 6) is 0. The molecular weight excluding hydrogens is 353 g/mol. The van der Waals surface area contributed by atoms with E-state index in [1.807, 2.05) is 11.8 Å². The predicted octanol–water partition coefficient (Wildman–Crippen LogP) is 3.31. The standard InChI is InChI=1S/C5H12N.2C3H7O.C2H5S.Sn/c1-3-4-5(2)6;2*1-2-3-4;1-3-2;/h5H,1,3-4,6H2,2H3;2*2-3H2,1H3;1H2,2H3;/q;2*-1;;+2. The first kappa shape index (κ1) is 19.0. The third-order valence-electron chi connectivity index (χ3n) is 2.72. The van der Waals surface area contributed by atoms with Crippen LogP contribution in [0.5, 0.6) is 0 Å². The van der Waals surface area contributed by atoms with Crippen LogP contribution in [0.15, 0.2) is 0 Å². The maximum atomic E-state index is 6.23. The second-order valence-corrected chi connectivity index (χ2v) is 16.5. The van der Waals surface area contributed by atoms with Crippen molar-refractivity contribution in [3.8, 4) is 0 Å². The fourth-order valence-electron chi connectivity index (χ4n) is 1.83. The molecular formula is C13H31NO2SSn. The predicted molar refractivity (Wildman–Crippen MR) is 84.3 cm³/mol. The van der Waals surface area contributed by atoms with Gasteiger partial charge in [0.15, 0.2) is 0 Å². The molecule has 0 saturated carbocycles. The fraction of sp³-hybridized carbons (Fsp3) is 1.00. The van der Waals surface area contributed by atoms with Gasteiger partial charge >= 0.3 is 123 Å². The Hall–Kier alpha value is 1.03. The second kappa shape index (κ2) is 11.8. The maximum absolute atomic E-state index is 6.23. The zero-order chi connectivity index (χ0) is 13.9. The van der Waals surface area contributed by atoms with Gasteiger partial charge in [0.05, 0.1) is 0 Å². The van der Waals surface area contributed by atoms with Crippen LogP contribution in [-0.2, 0) is 6.15 Å². The Morgan fingerprint density at radius 3 is 2.11 bits per heavy atom. The van der Waals surface area contributed by atoms with E-state index in [4.69, 9.17) is 11.9 Å². The van der Waals surface area contributed by atoms with Crippen LogP contribution < -0.4 is 5.73 Å². The van der Waals surface area contributed by atoms with Crippen molar-refractivity contribution < 1.29 is 6.15 Å². The van der Waals surface area contributed by atoms with Gasteiger partial charge in [-0.05, 0) is 0 Å². The van der Waals surface area contributed by atoms with Crippen molar-refractivity contribution in [3.63, 3.8) is 0 Å². The van der Waals surface area contributed by atoms with Crippen molar-refractivity contribution >= 4 is 31.0 Å². The van der Waals surface area contributed by atoms with Gasteiger partial charge in [-0.2, -0.15) is 0 Å². The Labute approximate surface area is 123 Å². The fourth-order valence-corrected chi connectivity index (χ4v) is 15.5. The summed E-state index contributed by atoms with van der Waals surface area (Å²) in [6.07, 6.45) is 6.55. The van der Waals surface area contributed by atoms with Crippen LogP contribution in [0.3, 0.4) is 0 Å². The Bertz CT molecular complexity index is 186. The average Bonchev–Trinajstić information content (AvgIpc) is 2.33. The second-order valence-electron chi connectivity index (χ2n) is 4.91. The number of hydrogen-bond donors (Lipinski definition) is 1. The summed E-state index contributed by atoms with van der Waals surface area (Å²) >= 11 is -0.933. The van der Waals surface area contributed by atoms with Crippen molar-refractivity contribution in [2.24, 2.45) is 5.73 Å². The molecule has 0 aromatic carbocycles. The number of thioether (sulfide) groups is 1. The van der Waals surface area contributed by atoms with Gasteiger partial charge in [0.1, 0.15) is 0 Å². The van der Waals surface area contributed by atoms with Crippen molar-refractivity contribution in [3.05, 3.63) is 0 Å². The monoisotopic (exact) mass is 385 g/mol. The van der Waals surface area contributed by atoms with Crippen LogP contribution >= 0.6 is 11.8 Å². The molecule has 0 saturated heterocycles. The van der Waals surface area contributed by atoms with Gasteiger partial charge in [-0.15, -0.1) is 0 Å². The molecule has 0 bridgehead atoms. The molecule has 0 aliphatic heterocycles. The minimum atomic E-state index is -2.81. The first-order chi connectivity index (χ1) is 8.60. The van der Waals surface area contributed by atoms with E-state index in [0.717, 1.165) is 47.1 Å². The Morgan fingerprint density at radius 1 is 1.17 bits per heavy atom. The first-order valence-corrected chi connectivity index (χ1v) is 14.9. The molecule has 2 N–H and O–H groups in total. The Morgan fingerprint density at radius 2 is 1.72 bits per heavy atom. The molecule has 1 unspecified atom stereocenters. The van der Waals surface area contributed by atoms with Gasteiger partial charge in [0.2, 0.25) is 0 Å². The van der Waals surface area contributed by atoms with Crippen LogP contribution in [0, 0.1) is 0 Å². The molecule has 0 fully saturated rings. The van der Waals surface area contributed by atoms with E-state index >= 15 is 0 Å². The van der Waals surface area contributed by atoms with Crippen LogP contribution in [0.2, 0.25) is 4.44 Å². The molecule has 0 aromatic heterocycles. The summed E-state index contributed by atoms with van der Waals surface area (Å²) in [6.45, 7) is 8.12. The van der Waals surface area contributed by atoms with E-state index in [0.29, 0.717) is 6.04 Å². The zero-order valence-electron chi connectivity index (χ0n) is 12.5. The summed E-state index contributed by atoms with van der Waals surface area (Å²) in [7, 11) is 0. The summed E-state index contributed by atoms with van der Waals surface area (Å²) < 4.78 is 14.7. The molecule has 18 heavy (non-hydrogen) atoms. The van der Waals surface area contributed by atoms with Gasteiger partial charge in [0.25, 0.3) is 0 Å². The van der Waals surface area contributed by atoms with Crippen LogP contribution in [0.4, 0.5) is 0 Å². The first-order valence-electron chi connectivity index (χ1n) is 7.12. The van der Waals surface area contributed by atoms with E-state index in [-0.39, 0.29) is 0 Å². The molecule has 0 aliphatic carbocycles. The number of rotatable bonds is 12. The van der Waals surface area contributed by atoms with Crippen LogP contribution in [0.1, 0.15) is 46.5 Å². The van der Waals surface area contributed by atoms with E-state index in [2.05, 4.69) is 27.0 Å². The van der Waals surface area contributed by atoms with Gasteiger partial charge in [-0.3, -0.25) is 0 Å². The third kappa shape index (κ3) is 9.02. The average molecular weight is 384 g/mol. The van der Waals surface area contributed by atoms with Crippen molar-refractivity contribution in [2.75, 3.05) is 23.2 Å². The molecule has 110 valence electrons. The molecule has 0 heterocycles. The topological polar surface area (TPSA) is 44.5 Å². The molecule has 0 amide bonds. The molecule has 0 radical (unpaired) electrons. The summed E-state index contributed by atoms with van der Waals surface area (Å²) in [5.41, 5.74) is 5.83. The van der Waals surface area contributed by atoms with Crippen molar-refractivity contribution in [1.82, 2.24) is 0 Å². The zero-order valence-corrected chi connectivity index (χ0v) is 16.2. The SMILES string of the molecule is CCC[O][Sn]([CH2]CCC(C)N)([CH2]SC)[O]CCC. The molecule has 0 aromatic rings. The van der Waals surface area contributed by atoms with Gasteiger partial charge in [-0.1, -0.05) is 0 Å². The van der Waals surface area contributed by atoms with E-state index < -0.39 is 19.2 Å². The summed E-state index contributed by atoms with van der Waals surface area (Å²) in [4.78, 5) is 0. The van der Waals surface area contributed by atoms with Crippen LogP contribution in [-0.4, -0.2) is 48.5 Å². The molecule has 5 heteroatoms. The van der Waals surface area contributed by atoms with Gasteiger partial charge in [-0.25, -0.2) is 0 Å². The number of hydrogen-bond acceptors (Lipinski definition) is 4. The molecule has 0 aliphatic rings. The van der Waals surface area contributed by atoms with Crippen molar-refractivity contribution in [1.29, 1.82) is 0 Å². The Kier molecular flexibility index (Phi) is 12.5.